The molecule has 0 amide bonds. The SMILES string of the molecule is CCC(C)CCCCCCCCCCCCCCCCC(=O)O[C@@H](CO)COC(=O)CCCCCCCCC(C)CC. The number of rotatable bonds is 32. The smallest absolute Gasteiger partial charge is 0.306 e. The molecule has 1 N–H and O–H groups in total. The molecule has 0 bridgehead atoms. The van der Waals surface area contributed by atoms with Crippen molar-refractivity contribution < 1.29 is 24.2 Å². The van der Waals surface area contributed by atoms with Crippen LogP contribution < -0.4 is 0 Å². The Kier molecular flexibility index (Phi) is 30.5. The molecule has 5 nitrogen and oxygen atoms in total. The summed E-state index contributed by atoms with van der Waals surface area (Å²) < 4.78 is 10.6. The van der Waals surface area contributed by atoms with E-state index >= 15 is 0 Å². The lowest BCUT2D eigenvalue weighted by Crippen LogP contribution is -2.28. The topological polar surface area (TPSA) is 72.8 Å². The number of aliphatic hydroxyl groups is 1. The highest BCUT2D eigenvalue weighted by molar-refractivity contribution is 5.70. The van der Waals surface area contributed by atoms with Gasteiger partial charge in [0.2, 0.25) is 0 Å². The summed E-state index contributed by atoms with van der Waals surface area (Å²) in [6, 6.07) is 0. The van der Waals surface area contributed by atoms with Crippen LogP contribution in [-0.2, 0) is 19.1 Å². The van der Waals surface area contributed by atoms with Crippen molar-refractivity contribution in [3.05, 3.63) is 0 Å². The Balaban J connectivity index is 3.52. The zero-order valence-corrected chi connectivity index (χ0v) is 28.6. The first kappa shape index (κ1) is 40.9. The van der Waals surface area contributed by atoms with Crippen molar-refractivity contribution in [3.8, 4) is 0 Å². The predicted octanol–water partition coefficient (Wildman–Crippen LogP) is 10.9. The van der Waals surface area contributed by atoms with Crippen LogP contribution in [0.1, 0.15) is 195 Å². The van der Waals surface area contributed by atoms with Crippen LogP contribution >= 0.6 is 0 Å². The molecule has 250 valence electrons. The van der Waals surface area contributed by atoms with E-state index < -0.39 is 6.10 Å². The molecule has 0 heterocycles. The van der Waals surface area contributed by atoms with Crippen molar-refractivity contribution in [2.75, 3.05) is 13.2 Å². The van der Waals surface area contributed by atoms with Gasteiger partial charge in [0.1, 0.15) is 6.61 Å². The maximum absolute atomic E-state index is 12.1. The summed E-state index contributed by atoms with van der Waals surface area (Å²) in [7, 11) is 0. The molecule has 0 fully saturated rings. The minimum atomic E-state index is -0.762. The second-order valence-electron chi connectivity index (χ2n) is 13.2. The maximum atomic E-state index is 12.1. The molecule has 0 saturated carbocycles. The Morgan fingerprint density at radius 2 is 0.857 bits per heavy atom. The summed E-state index contributed by atoms with van der Waals surface area (Å²) in [6.07, 6.45) is 30.1. The first-order valence-electron chi connectivity index (χ1n) is 18.4. The zero-order valence-electron chi connectivity index (χ0n) is 28.6. The van der Waals surface area contributed by atoms with Gasteiger partial charge in [-0.2, -0.15) is 0 Å². The molecular weight excluding hydrogens is 524 g/mol. The highest BCUT2D eigenvalue weighted by Crippen LogP contribution is 2.17. The Morgan fingerprint density at radius 3 is 1.21 bits per heavy atom. The van der Waals surface area contributed by atoms with Crippen molar-refractivity contribution in [2.24, 2.45) is 11.8 Å². The molecule has 5 heteroatoms. The molecule has 0 radical (unpaired) electrons. The number of esters is 2. The van der Waals surface area contributed by atoms with E-state index in [0.29, 0.717) is 12.8 Å². The molecule has 0 aromatic carbocycles. The van der Waals surface area contributed by atoms with Gasteiger partial charge in [0.05, 0.1) is 6.61 Å². The summed E-state index contributed by atoms with van der Waals surface area (Å²) in [4.78, 5) is 24.1. The van der Waals surface area contributed by atoms with E-state index in [-0.39, 0.29) is 25.2 Å². The lowest BCUT2D eigenvalue weighted by Gasteiger charge is -2.15. The molecule has 0 aromatic rings. The summed E-state index contributed by atoms with van der Waals surface area (Å²) in [5, 5.41) is 9.51. The van der Waals surface area contributed by atoms with Gasteiger partial charge in [-0.3, -0.25) is 9.59 Å². The quantitative estimate of drug-likeness (QED) is 0.0617. The first-order chi connectivity index (χ1) is 20.4. The Hall–Kier alpha value is -1.10. The minimum Gasteiger partial charge on any atom is -0.462 e. The molecule has 0 aliphatic carbocycles. The van der Waals surface area contributed by atoms with Gasteiger partial charge in [0.15, 0.2) is 6.10 Å². The molecule has 0 aliphatic rings. The number of unbranched alkanes of at least 4 members (excludes halogenated alkanes) is 18. The molecule has 2 unspecified atom stereocenters. The number of hydrogen-bond acceptors (Lipinski definition) is 5. The molecule has 0 aliphatic heterocycles. The van der Waals surface area contributed by atoms with Crippen LogP contribution in [0.3, 0.4) is 0 Å². The third kappa shape index (κ3) is 29.0. The summed E-state index contributed by atoms with van der Waals surface area (Å²) in [5.41, 5.74) is 0. The highest BCUT2D eigenvalue weighted by Gasteiger charge is 2.16. The van der Waals surface area contributed by atoms with Crippen LogP contribution in [0, 0.1) is 11.8 Å². The van der Waals surface area contributed by atoms with E-state index in [2.05, 4.69) is 27.7 Å². The number of aliphatic hydroxyl groups excluding tert-OH is 1. The molecule has 0 saturated heterocycles. The molecule has 0 spiro atoms. The fraction of sp³-hybridized carbons (Fsp3) is 0.946. The van der Waals surface area contributed by atoms with Gasteiger partial charge in [-0.25, -0.2) is 0 Å². The normalized spacial score (nSPS) is 13.5. The van der Waals surface area contributed by atoms with Gasteiger partial charge in [0, 0.05) is 12.8 Å². The van der Waals surface area contributed by atoms with E-state index in [9.17, 15) is 14.7 Å². The lowest BCUT2D eigenvalue weighted by molar-refractivity contribution is -0.161. The minimum absolute atomic E-state index is 0.0604. The van der Waals surface area contributed by atoms with Crippen molar-refractivity contribution in [2.45, 2.75) is 201 Å². The van der Waals surface area contributed by atoms with Crippen LogP contribution in [0.15, 0.2) is 0 Å². The third-order valence-electron chi connectivity index (χ3n) is 8.98. The van der Waals surface area contributed by atoms with Gasteiger partial charge in [0.25, 0.3) is 0 Å². The molecule has 42 heavy (non-hydrogen) atoms. The fourth-order valence-electron chi connectivity index (χ4n) is 5.39. The van der Waals surface area contributed by atoms with Gasteiger partial charge in [-0.05, 0) is 24.7 Å². The van der Waals surface area contributed by atoms with Crippen LogP contribution in [0.25, 0.3) is 0 Å². The second-order valence-corrected chi connectivity index (χ2v) is 13.2. The Bertz CT molecular complexity index is 593. The molecular formula is C37H72O5. The van der Waals surface area contributed by atoms with Crippen LogP contribution in [0.4, 0.5) is 0 Å². The van der Waals surface area contributed by atoms with Gasteiger partial charge in [-0.1, -0.05) is 169 Å². The van der Waals surface area contributed by atoms with Gasteiger partial charge < -0.3 is 14.6 Å². The Morgan fingerprint density at radius 1 is 0.524 bits per heavy atom. The van der Waals surface area contributed by atoms with Crippen molar-refractivity contribution in [1.29, 1.82) is 0 Å². The largest absolute Gasteiger partial charge is 0.462 e. The van der Waals surface area contributed by atoms with Gasteiger partial charge in [-0.15, -0.1) is 0 Å². The monoisotopic (exact) mass is 597 g/mol. The summed E-state index contributed by atoms with van der Waals surface area (Å²) in [5.74, 6) is 1.15. The first-order valence-corrected chi connectivity index (χ1v) is 18.4. The van der Waals surface area contributed by atoms with Crippen LogP contribution in [0.2, 0.25) is 0 Å². The average molecular weight is 597 g/mol. The van der Waals surface area contributed by atoms with E-state index in [1.165, 1.54) is 116 Å². The Labute approximate surface area is 261 Å². The van der Waals surface area contributed by atoms with Crippen LogP contribution in [-0.4, -0.2) is 36.4 Å². The number of ether oxygens (including phenoxy) is 2. The number of carbonyl (C=O) groups is 2. The second kappa shape index (κ2) is 31.3. The third-order valence-corrected chi connectivity index (χ3v) is 8.98. The maximum Gasteiger partial charge on any atom is 0.306 e. The summed E-state index contributed by atoms with van der Waals surface area (Å²) >= 11 is 0. The lowest BCUT2D eigenvalue weighted by atomic mass is 9.99. The molecule has 0 aromatic heterocycles. The predicted molar refractivity (Wildman–Crippen MR) is 178 cm³/mol. The summed E-state index contributed by atoms with van der Waals surface area (Å²) in [6.45, 7) is 8.84. The van der Waals surface area contributed by atoms with E-state index in [4.69, 9.17) is 9.47 Å². The van der Waals surface area contributed by atoms with Crippen molar-refractivity contribution in [3.63, 3.8) is 0 Å². The van der Waals surface area contributed by atoms with E-state index in [0.717, 1.165) is 50.4 Å². The van der Waals surface area contributed by atoms with E-state index in [1.807, 2.05) is 0 Å². The highest BCUT2D eigenvalue weighted by atomic mass is 16.6. The molecule has 3 atom stereocenters. The van der Waals surface area contributed by atoms with Crippen LogP contribution in [0.5, 0.6) is 0 Å². The number of carbonyl (C=O) groups excluding carboxylic acids is 2. The van der Waals surface area contributed by atoms with E-state index in [1.54, 1.807) is 0 Å². The number of hydrogen-bond donors (Lipinski definition) is 1. The average Bonchev–Trinajstić information content (AvgIpc) is 2.99. The van der Waals surface area contributed by atoms with Gasteiger partial charge >= 0.3 is 11.9 Å². The zero-order chi connectivity index (χ0) is 31.1. The molecule has 0 rings (SSSR count). The fourth-order valence-corrected chi connectivity index (χ4v) is 5.39. The van der Waals surface area contributed by atoms with Crippen molar-refractivity contribution >= 4 is 11.9 Å². The van der Waals surface area contributed by atoms with Crippen molar-refractivity contribution in [1.82, 2.24) is 0 Å². The standard InChI is InChI=1S/C37H72O5/c1-5-33(3)27-23-19-15-13-11-9-7-8-10-12-14-16-22-26-30-37(40)42-35(31-38)32-41-36(39)29-25-21-18-17-20-24-28-34(4)6-2/h33-35,38H,5-32H2,1-4H3/t33?,34?,35-/m0/s1.